The van der Waals surface area contributed by atoms with Crippen molar-refractivity contribution < 1.29 is 22.7 Å². The van der Waals surface area contributed by atoms with E-state index in [1.54, 1.807) is 6.92 Å². The third kappa shape index (κ3) is 2.98. The number of hydrogen-bond acceptors (Lipinski definition) is 3. The third-order valence-corrected chi connectivity index (χ3v) is 1.70. The molecule has 0 radical (unpaired) electrons. The second kappa shape index (κ2) is 4.54. The first kappa shape index (κ1) is 12.5. The van der Waals surface area contributed by atoms with Gasteiger partial charge < -0.3 is 4.74 Å². The molecule has 90 valence electrons. The van der Waals surface area contributed by atoms with E-state index in [0.29, 0.717) is 0 Å². The van der Waals surface area contributed by atoms with Crippen LogP contribution in [0.2, 0.25) is 0 Å². The van der Waals surface area contributed by atoms with Crippen LogP contribution < -0.4 is 4.74 Å². The molecule has 1 aromatic heterocycles. The Kier molecular flexibility index (Phi) is 3.56. The van der Waals surface area contributed by atoms with Crippen molar-refractivity contribution in [3.8, 4) is 5.88 Å². The molecule has 0 amide bonds. The number of ether oxygens (including phenoxy) is 1. The molecule has 0 aliphatic carbocycles. The Bertz CT molecular complexity index is 385. The Labute approximate surface area is 90.0 Å². The van der Waals surface area contributed by atoms with Gasteiger partial charge in [-0.3, -0.25) is 4.79 Å². The van der Waals surface area contributed by atoms with E-state index in [2.05, 4.69) is 5.10 Å². The molecule has 1 heterocycles. The number of aromatic nitrogens is 2. The molecule has 0 aliphatic rings. The van der Waals surface area contributed by atoms with Gasteiger partial charge in [0.05, 0.1) is 6.61 Å². The number of alkyl halides is 3. The van der Waals surface area contributed by atoms with Crippen molar-refractivity contribution in [2.24, 2.45) is 0 Å². The van der Waals surface area contributed by atoms with Crippen molar-refractivity contribution in [2.45, 2.75) is 26.6 Å². The number of carbonyl (C=O) groups is 1. The summed E-state index contributed by atoms with van der Waals surface area (Å²) in [5.41, 5.74) is -1.06. The molecular weight excluding hydrogens is 225 g/mol. The first-order valence-corrected chi connectivity index (χ1v) is 4.62. The minimum atomic E-state index is -4.53. The van der Waals surface area contributed by atoms with E-state index in [4.69, 9.17) is 4.74 Å². The van der Waals surface area contributed by atoms with Crippen LogP contribution in [0.5, 0.6) is 5.88 Å². The monoisotopic (exact) mass is 236 g/mol. The zero-order valence-electron chi connectivity index (χ0n) is 8.84. The molecule has 0 aromatic carbocycles. The summed E-state index contributed by atoms with van der Waals surface area (Å²) in [6, 6.07) is 0.784. The second-order valence-electron chi connectivity index (χ2n) is 3.16. The van der Waals surface area contributed by atoms with E-state index in [9.17, 15) is 18.0 Å². The normalized spacial score (nSPS) is 11.6. The molecule has 0 aliphatic heterocycles. The van der Waals surface area contributed by atoms with Crippen LogP contribution in [0.1, 0.15) is 19.5 Å². The van der Waals surface area contributed by atoms with Crippen molar-refractivity contribution in [3.63, 3.8) is 0 Å². The summed E-state index contributed by atoms with van der Waals surface area (Å²) in [5.74, 6) is -0.345. The van der Waals surface area contributed by atoms with Gasteiger partial charge in [-0.15, -0.1) is 0 Å². The molecule has 16 heavy (non-hydrogen) atoms. The van der Waals surface area contributed by atoms with Crippen LogP contribution in [-0.4, -0.2) is 22.2 Å². The van der Waals surface area contributed by atoms with Gasteiger partial charge in [0.15, 0.2) is 11.5 Å². The van der Waals surface area contributed by atoms with Crippen molar-refractivity contribution in [2.75, 3.05) is 6.61 Å². The lowest BCUT2D eigenvalue weighted by molar-refractivity contribution is -0.141. The minimum Gasteiger partial charge on any atom is -0.478 e. The summed E-state index contributed by atoms with van der Waals surface area (Å²) in [6.45, 7) is 2.88. The van der Waals surface area contributed by atoms with Crippen molar-refractivity contribution >= 4 is 5.78 Å². The highest BCUT2D eigenvalue weighted by Crippen LogP contribution is 2.30. The Balaban J connectivity index is 3.04. The predicted octanol–water partition coefficient (Wildman–Crippen LogP) is 1.89. The molecule has 0 unspecified atom stereocenters. The summed E-state index contributed by atoms with van der Waals surface area (Å²) in [6.07, 6.45) is -4.53. The maximum absolute atomic E-state index is 12.3. The van der Waals surface area contributed by atoms with E-state index in [1.807, 2.05) is 0 Å². The van der Waals surface area contributed by atoms with Gasteiger partial charge in [-0.1, -0.05) is 0 Å². The number of hydrogen-bond donors (Lipinski definition) is 0. The molecule has 0 saturated carbocycles. The summed E-state index contributed by atoms with van der Waals surface area (Å²) < 4.78 is 42.9. The van der Waals surface area contributed by atoms with Crippen molar-refractivity contribution in [1.82, 2.24) is 9.78 Å². The van der Waals surface area contributed by atoms with Crippen LogP contribution in [0.4, 0.5) is 13.2 Å². The number of nitrogens with zero attached hydrogens (tertiary/aromatic N) is 2. The van der Waals surface area contributed by atoms with E-state index in [1.165, 1.54) is 6.92 Å². The van der Waals surface area contributed by atoms with Gasteiger partial charge in [-0.05, 0) is 13.8 Å². The topological polar surface area (TPSA) is 44.1 Å². The van der Waals surface area contributed by atoms with E-state index < -0.39 is 11.9 Å². The lowest BCUT2D eigenvalue weighted by Crippen LogP contribution is -2.12. The maximum Gasteiger partial charge on any atom is 0.435 e. The number of halogens is 3. The molecule has 0 spiro atoms. The number of carbonyl (C=O) groups excluding carboxylic acids is 1. The van der Waals surface area contributed by atoms with Gasteiger partial charge in [-0.25, -0.2) is 4.68 Å². The van der Waals surface area contributed by atoms with Gasteiger partial charge in [-0.2, -0.15) is 18.3 Å². The van der Waals surface area contributed by atoms with Gasteiger partial charge in [0, 0.05) is 6.07 Å². The second-order valence-corrected chi connectivity index (χ2v) is 3.16. The van der Waals surface area contributed by atoms with Crippen molar-refractivity contribution in [3.05, 3.63) is 11.8 Å². The Morgan fingerprint density at radius 2 is 2.19 bits per heavy atom. The quantitative estimate of drug-likeness (QED) is 0.801. The zero-order chi connectivity index (χ0) is 12.3. The zero-order valence-corrected chi connectivity index (χ0v) is 8.84. The largest absolute Gasteiger partial charge is 0.478 e. The fourth-order valence-electron chi connectivity index (χ4n) is 1.13. The lowest BCUT2D eigenvalue weighted by Gasteiger charge is -2.04. The average molecular weight is 236 g/mol. The molecule has 0 atom stereocenters. The third-order valence-electron chi connectivity index (χ3n) is 1.70. The highest BCUT2D eigenvalue weighted by Gasteiger charge is 2.35. The molecule has 1 rings (SSSR count). The molecule has 7 heteroatoms. The van der Waals surface area contributed by atoms with Crippen LogP contribution in [-0.2, 0) is 17.5 Å². The lowest BCUT2D eigenvalue weighted by atomic mass is 10.4. The standard InChI is InChI=1S/C9H11F3N2O2/c1-3-16-8-4-7(9(10,11)12)13-14(8)5-6(2)15/h4H,3,5H2,1-2H3. The number of ketones is 1. The van der Waals surface area contributed by atoms with Crippen LogP contribution in [0.25, 0.3) is 0 Å². The summed E-state index contributed by atoms with van der Waals surface area (Å²) in [4.78, 5) is 10.8. The fraction of sp³-hybridized carbons (Fsp3) is 0.556. The predicted molar refractivity (Wildman–Crippen MR) is 49.1 cm³/mol. The van der Waals surface area contributed by atoms with E-state index in [0.717, 1.165) is 10.7 Å². The van der Waals surface area contributed by atoms with Crippen LogP contribution in [0.15, 0.2) is 6.07 Å². The van der Waals surface area contributed by atoms with Crippen LogP contribution in [0, 0.1) is 0 Å². The molecule has 0 bridgehead atoms. The fourth-order valence-corrected chi connectivity index (χ4v) is 1.13. The van der Waals surface area contributed by atoms with Gasteiger partial charge in [0.2, 0.25) is 5.88 Å². The van der Waals surface area contributed by atoms with Crippen molar-refractivity contribution in [1.29, 1.82) is 0 Å². The molecule has 0 N–H and O–H groups in total. The smallest absolute Gasteiger partial charge is 0.435 e. The Morgan fingerprint density at radius 3 is 2.62 bits per heavy atom. The number of Topliss-reactive ketones (excluding diaryl/α,β-unsaturated/α-hetero) is 1. The minimum absolute atomic E-state index is 0.0509. The summed E-state index contributed by atoms with van der Waals surface area (Å²) >= 11 is 0. The molecular formula is C9H11F3N2O2. The molecule has 1 aromatic rings. The van der Waals surface area contributed by atoms with Crippen LogP contribution in [0.3, 0.4) is 0 Å². The van der Waals surface area contributed by atoms with E-state index >= 15 is 0 Å². The van der Waals surface area contributed by atoms with Gasteiger partial charge >= 0.3 is 6.18 Å². The number of rotatable bonds is 4. The average Bonchev–Trinajstić information content (AvgIpc) is 2.47. The maximum atomic E-state index is 12.3. The molecule has 4 nitrogen and oxygen atoms in total. The highest BCUT2D eigenvalue weighted by atomic mass is 19.4. The first-order valence-electron chi connectivity index (χ1n) is 4.62. The Morgan fingerprint density at radius 1 is 1.56 bits per heavy atom. The highest BCUT2D eigenvalue weighted by molar-refractivity contribution is 5.75. The SMILES string of the molecule is CCOc1cc(C(F)(F)F)nn1CC(C)=O. The Hall–Kier alpha value is -1.53. The van der Waals surface area contributed by atoms with Crippen LogP contribution >= 0.6 is 0 Å². The first-order chi connectivity index (χ1) is 7.34. The van der Waals surface area contributed by atoms with Gasteiger partial charge in [0.25, 0.3) is 0 Å². The van der Waals surface area contributed by atoms with Gasteiger partial charge in [0.1, 0.15) is 6.54 Å². The summed E-state index contributed by atoms with van der Waals surface area (Å²) in [7, 11) is 0. The molecule has 0 saturated heterocycles. The molecule has 0 fully saturated rings. The summed E-state index contributed by atoms with van der Waals surface area (Å²) in [5, 5.41) is 3.29. The van der Waals surface area contributed by atoms with E-state index in [-0.39, 0.29) is 24.8 Å².